The van der Waals surface area contributed by atoms with Gasteiger partial charge in [-0.1, -0.05) is 12.8 Å². The van der Waals surface area contributed by atoms with E-state index < -0.39 is 0 Å². The molecule has 1 aliphatic carbocycles. The second kappa shape index (κ2) is 8.22. The number of carbonyl (C=O) groups excluding carboxylic acids is 2. The highest BCUT2D eigenvalue weighted by Gasteiger charge is 2.46. The lowest BCUT2D eigenvalue weighted by molar-refractivity contribution is -0.137. The third-order valence-electron chi connectivity index (χ3n) is 7.89. The number of rotatable bonds is 3. The molecule has 1 spiro atoms. The second-order valence-electron chi connectivity index (χ2n) is 9.92. The summed E-state index contributed by atoms with van der Waals surface area (Å²) in [6, 6.07) is 9.80. The number of nitrogens with zero attached hydrogens (tertiary/aromatic N) is 1. The van der Waals surface area contributed by atoms with E-state index in [1.165, 1.54) is 18.4 Å². The topological polar surface area (TPSA) is 77.1 Å². The van der Waals surface area contributed by atoms with Crippen molar-refractivity contribution in [2.75, 3.05) is 31.7 Å². The summed E-state index contributed by atoms with van der Waals surface area (Å²) in [5.74, 6) is 2.29. The predicted octanol–water partition coefficient (Wildman–Crippen LogP) is 4.14. The van der Waals surface area contributed by atoms with Crippen LogP contribution in [-0.4, -0.2) is 43.1 Å². The van der Waals surface area contributed by atoms with Gasteiger partial charge in [-0.25, -0.2) is 0 Å². The molecule has 1 unspecified atom stereocenters. The molecule has 34 heavy (non-hydrogen) atoms. The summed E-state index contributed by atoms with van der Waals surface area (Å²) in [6.07, 6.45) is 5.66. The summed E-state index contributed by atoms with van der Waals surface area (Å²) in [4.78, 5) is 27.0. The van der Waals surface area contributed by atoms with E-state index in [0.29, 0.717) is 38.3 Å². The molecule has 0 radical (unpaired) electrons. The number of benzene rings is 2. The van der Waals surface area contributed by atoms with E-state index in [0.717, 1.165) is 41.2 Å². The van der Waals surface area contributed by atoms with Crippen LogP contribution in [0.1, 0.15) is 61.8 Å². The summed E-state index contributed by atoms with van der Waals surface area (Å²) < 4.78 is 17.7. The number of hydrogen-bond donors (Lipinski definition) is 1. The minimum Gasteiger partial charge on any atom is -0.486 e. The van der Waals surface area contributed by atoms with Crippen LogP contribution < -0.4 is 19.5 Å². The van der Waals surface area contributed by atoms with Gasteiger partial charge in [-0.2, -0.15) is 0 Å². The lowest BCUT2D eigenvalue weighted by Crippen LogP contribution is -2.50. The second-order valence-corrected chi connectivity index (χ2v) is 9.92. The highest BCUT2D eigenvalue weighted by atomic mass is 16.6. The van der Waals surface area contributed by atoms with Crippen molar-refractivity contribution in [3.63, 3.8) is 0 Å². The first-order valence-electron chi connectivity index (χ1n) is 12.3. The molecule has 3 heterocycles. The van der Waals surface area contributed by atoms with Crippen molar-refractivity contribution in [1.29, 1.82) is 0 Å². The van der Waals surface area contributed by atoms with E-state index in [1.54, 1.807) is 0 Å². The highest BCUT2D eigenvalue weighted by molar-refractivity contribution is 5.94. The van der Waals surface area contributed by atoms with Crippen LogP contribution in [0.5, 0.6) is 17.2 Å². The molecule has 3 aliphatic heterocycles. The Morgan fingerprint density at radius 3 is 2.68 bits per heavy atom. The third kappa shape index (κ3) is 3.58. The first-order valence-corrected chi connectivity index (χ1v) is 12.3. The van der Waals surface area contributed by atoms with Crippen LogP contribution in [0, 0.1) is 0 Å². The van der Waals surface area contributed by atoms with Gasteiger partial charge in [-0.15, -0.1) is 0 Å². The molecule has 1 N–H and O–H groups in total. The number of nitrogens with one attached hydrogen (secondary N) is 1. The first-order chi connectivity index (χ1) is 16.5. The molecule has 6 rings (SSSR count). The van der Waals surface area contributed by atoms with Crippen LogP contribution in [0.15, 0.2) is 30.3 Å². The average Bonchev–Trinajstić information content (AvgIpc) is 3.33. The zero-order valence-electron chi connectivity index (χ0n) is 19.5. The van der Waals surface area contributed by atoms with Gasteiger partial charge in [-0.3, -0.25) is 9.59 Å². The van der Waals surface area contributed by atoms with Gasteiger partial charge >= 0.3 is 0 Å². The predicted molar refractivity (Wildman–Crippen MR) is 127 cm³/mol. The Kier molecular flexibility index (Phi) is 5.15. The van der Waals surface area contributed by atoms with Crippen molar-refractivity contribution in [2.24, 2.45) is 0 Å². The minimum absolute atomic E-state index is 0.00848. The standard InChI is InChI=1S/C27H30N2O5/c1-17-20-13-23-24(33-11-10-32-23)14-21(20)27(8-2-3-9-27)16-29(17)26(31)15-34-19-5-6-22-18(12-19)4-7-25(30)28-22/h5-6,12-14,17H,2-4,7-11,15-16H2,1H3,(H,28,30). The average molecular weight is 463 g/mol. The maximum Gasteiger partial charge on any atom is 0.261 e. The van der Waals surface area contributed by atoms with Crippen molar-refractivity contribution in [3.05, 3.63) is 47.0 Å². The third-order valence-corrected chi connectivity index (χ3v) is 7.89. The molecule has 0 aromatic heterocycles. The Hall–Kier alpha value is -3.22. The number of aryl methyl sites for hydroxylation is 1. The largest absolute Gasteiger partial charge is 0.486 e. The maximum absolute atomic E-state index is 13.4. The van der Waals surface area contributed by atoms with Crippen molar-refractivity contribution in [1.82, 2.24) is 4.90 Å². The SMILES string of the molecule is CC1c2cc3c(cc2C2(CCCC2)CN1C(=O)COc1ccc2c(c1)CCC(=O)N2)OCCO3. The number of carbonyl (C=O) groups is 2. The fourth-order valence-electron chi connectivity index (χ4n) is 6.09. The molecule has 0 saturated heterocycles. The number of amides is 2. The molecular weight excluding hydrogens is 432 g/mol. The van der Waals surface area contributed by atoms with Crippen molar-refractivity contribution < 1.29 is 23.8 Å². The zero-order chi connectivity index (χ0) is 23.3. The van der Waals surface area contributed by atoms with Gasteiger partial charge in [0, 0.05) is 24.1 Å². The molecule has 1 saturated carbocycles. The molecule has 178 valence electrons. The Bertz CT molecular complexity index is 1150. The zero-order valence-corrected chi connectivity index (χ0v) is 19.5. The molecule has 1 fully saturated rings. The van der Waals surface area contributed by atoms with E-state index in [-0.39, 0.29) is 29.9 Å². The van der Waals surface area contributed by atoms with Crippen LogP contribution in [-0.2, 0) is 21.4 Å². The van der Waals surface area contributed by atoms with Gasteiger partial charge in [0.15, 0.2) is 18.1 Å². The van der Waals surface area contributed by atoms with Crippen molar-refractivity contribution in [2.45, 2.75) is 56.9 Å². The molecule has 4 aliphatic rings. The fourth-order valence-corrected chi connectivity index (χ4v) is 6.09. The number of hydrogen-bond acceptors (Lipinski definition) is 5. The molecule has 1 atom stereocenters. The van der Waals surface area contributed by atoms with Crippen LogP contribution in [0.2, 0.25) is 0 Å². The fraction of sp³-hybridized carbons (Fsp3) is 0.481. The number of ether oxygens (including phenoxy) is 3. The van der Waals surface area contributed by atoms with Crippen LogP contribution in [0.3, 0.4) is 0 Å². The van der Waals surface area contributed by atoms with E-state index in [4.69, 9.17) is 14.2 Å². The normalized spacial score (nSPS) is 22.1. The Balaban J connectivity index is 1.24. The molecular formula is C27H30N2O5. The molecule has 0 bridgehead atoms. The summed E-state index contributed by atoms with van der Waals surface area (Å²) >= 11 is 0. The number of anilines is 1. The van der Waals surface area contributed by atoms with Gasteiger partial charge in [-0.05, 0) is 73.2 Å². The van der Waals surface area contributed by atoms with E-state index in [1.807, 2.05) is 23.1 Å². The minimum atomic E-state index is -0.0631. The Morgan fingerprint density at radius 1 is 1.12 bits per heavy atom. The van der Waals surface area contributed by atoms with Gasteiger partial charge in [0.2, 0.25) is 5.91 Å². The molecule has 7 nitrogen and oxygen atoms in total. The van der Waals surface area contributed by atoms with E-state index in [2.05, 4.69) is 24.4 Å². The van der Waals surface area contributed by atoms with Crippen LogP contribution in [0.4, 0.5) is 5.69 Å². The van der Waals surface area contributed by atoms with E-state index in [9.17, 15) is 9.59 Å². The van der Waals surface area contributed by atoms with Crippen molar-refractivity contribution >= 4 is 17.5 Å². The summed E-state index contributed by atoms with van der Waals surface area (Å²) in [5.41, 5.74) is 4.33. The first kappa shape index (κ1) is 21.3. The molecule has 2 aromatic rings. The van der Waals surface area contributed by atoms with Crippen LogP contribution in [0.25, 0.3) is 0 Å². The summed E-state index contributed by atoms with van der Waals surface area (Å²) in [6.45, 7) is 3.92. The van der Waals surface area contributed by atoms with Crippen LogP contribution >= 0.6 is 0 Å². The lowest BCUT2D eigenvalue weighted by Gasteiger charge is -2.46. The van der Waals surface area contributed by atoms with Gasteiger partial charge in [0.05, 0.1) is 6.04 Å². The van der Waals surface area contributed by atoms with E-state index >= 15 is 0 Å². The smallest absolute Gasteiger partial charge is 0.261 e. The van der Waals surface area contributed by atoms with Gasteiger partial charge < -0.3 is 24.4 Å². The van der Waals surface area contributed by atoms with Gasteiger partial charge in [0.25, 0.3) is 5.91 Å². The summed E-state index contributed by atoms with van der Waals surface area (Å²) in [7, 11) is 0. The molecule has 2 aromatic carbocycles. The maximum atomic E-state index is 13.4. The highest BCUT2D eigenvalue weighted by Crippen LogP contribution is 2.51. The van der Waals surface area contributed by atoms with Gasteiger partial charge in [0.1, 0.15) is 19.0 Å². The Morgan fingerprint density at radius 2 is 1.88 bits per heavy atom. The van der Waals surface area contributed by atoms with Crippen molar-refractivity contribution in [3.8, 4) is 17.2 Å². The molecule has 2 amide bonds. The lowest BCUT2D eigenvalue weighted by atomic mass is 9.71. The Labute approximate surface area is 199 Å². The quantitative estimate of drug-likeness (QED) is 0.742. The monoisotopic (exact) mass is 462 g/mol. The number of fused-ring (bicyclic) bond motifs is 4. The summed E-state index contributed by atoms with van der Waals surface area (Å²) in [5, 5.41) is 2.88. The molecule has 7 heteroatoms.